The topological polar surface area (TPSA) is 65.7 Å². The summed E-state index contributed by atoms with van der Waals surface area (Å²) in [6, 6.07) is 17.3. The van der Waals surface area contributed by atoms with Crippen LogP contribution in [0, 0.1) is 13.8 Å². The van der Waals surface area contributed by atoms with Crippen LogP contribution in [0.2, 0.25) is 0 Å². The monoisotopic (exact) mass is 473 g/mol. The maximum absolute atomic E-state index is 12.5. The number of aryl methyl sites for hydroxylation is 2. The van der Waals surface area contributed by atoms with Gasteiger partial charge >= 0.3 is 5.97 Å². The van der Waals surface area contributed by atoms with Gasteiger partial charge in [0.15, 0.2) is 5.76 Å². The first-order valence-electron chi connectivity index (χ1n) is 11.8. The Bertz CT molecular complexity index is 1210. The molecule has 0 aliphatic rings. The molecule has 3 rings (SSSR count). The number of carbonyl (C=O) groups excluding carboxylic acids is 1. The second kappa shape index (κ2) is 11.2. The van der Waals surface area contributed by atoms with Gasteiger partial charge in [-0.05, 0) is 49.4 Å². The Labute approximate surface area is 208 Å². The fourth-order valence-corrected chi connectivity index (χ4v) is 3.80. The summed E-state index contributed by atoms with van der Waals surface area (Å²) in [6.07, 6.45) is 1.78. The van der Waals surface area contributed by atoms with E-state index >= 15 is 0 Å². The summed E-state index contributed by atoms with van der Waals surface area (Å²) in [6.45, 7) is 13.0. The van der Waals surface area contributed by atoms with Crippen molar-refractivity contribution in [2.24, 2.45) is 4.99 Å². The van der Waals surface area contributed by atoms with Gasteiger partial charge in [0.25, 0.3) is 0 Å². The lowest BCUT2D eigenvalue weighted by atomic mass is 9.86. The molecule has 0 saturated carbocycles. The number of aliphatic imine (C=N–C) groups is 1. The number of ether oxygens (including phenoxy) is 2. The van der Waals surface area contributed by atoms with Crippen LogP contribution in [0.25, 0.3) is 11.3 Å². The van der Waals surface area contributed by atoms with Gasteiger partial charge in [-0.25, -0.2) is 4.79 Å². The molecule has 1 aromatic heterocycles. The molecular weight excluding hydrogens is 438 g/mol. The minimum Gasteiger partial charge on any atom is -0.454 e. The molecule has 0 amide bonds. The lowest BCUT2D eigenvalue weighted by Gasteiger charge is -2.20. The molecule has 35 heavy (non-hydrogen) atoms. The minimum atomic E-state index is -0.443. The van der Waals surface area contributed by atoms with Gasteiger partial charge in [-0.15, -0.1) is 0 Å². The van der Waals surface area contributed by atoms with Crippen molar-refractivity contribution in [1.82, 2.24) is 9.78 Å². The molecule has 0 fully saturated rings. The van der Waals surface area contributed by atoms with Gasteiger partial charge in [0, 0.05) is 30.9 Å². The normalized spacial score (nSPS) is 12.5. The van der Waals surface area contributed by atoms with Crippen LogP contribution in [0.4, 0.5) is 0 Å². The maximum atomic E-state index is 12.5. The SMILES string of the molecule is CCn1nc(C)c(C)c1/C(OCOC(=O)c1ccccc1)=C(\C=N/C)c1ccc(C(C)(C)C)cc1. The molecule has 6 nitrogen and oxygen atoms in total. The quantitative estimate of drug-likeness (QED) is 0.169. The summed E-state index contributed by atoms with van der Waals surface area (Å²) in [5, 5.41) is 4.67. The maximum Gasteiger partial charge on any atom is 0.340 e. The number of benzene rings is 2. The van der Waals surface area contributed by atoms with Gasteiger partial charge in [-0.2, -0.15) is 5.10 Å². The fourth-order valence-electron chi connectivity index (χ4n) is 3.80. The van der Waals surface area contributed by atoms with Crippen LogP contribution in [0.3, 0.4) is 0 Å². The third kappa shape index (κ3) is 6.07. The van der Waals surface area contributed by atoms with Gasteiger partial charge in [0.2, 0.25) is 6.79 Å². The molecule has 0 aliphatic heterocycles. The van der Waals surface area contributed by atoms with E-state index in [4.69, 9.17) is 9.47 Å². The number of carbonyl (C=O) groups is 1. The molecule has 0 radical (unpaired) electrons. The zero-order valence-corrected chi connectivity index (χ0v) is 21.8. The molecular formula is C29H35N3O3. The van der Waals surface area contributed by atoms with Crippen molar-refractivity contribution in [3.05, 3.63) is 88.2 Å². The van der Waals surface area contributed by atoms with Crippen molar-refractivity contribution >= 4 is 23.5 Å². The van der Waals surface area contributed by atoms with Crippen molar-refractivity contribution in [2.75, 3.05) is 13.8 Å². The zero-order valence-electron chi connectivity index (χ0n) is 21.8. The van der Waals surface area contributed by atoms with Crippen molar-refractivity contribution in [3.63, 3.8) is 0 Å². The van der Waals surface area contributed by atoms with Gasteiger partial charge < -0.3 is 9.47 Å². The first-order valence-corrected chi connectivity index (χ1v) is 11.8. The molecule has 2 aromatic carbocycles. The van der Waals surface area contributed by atoms with Crippen LogP contribution in [0.1, 0.15) is 66.1 Å². The molecule has 0 bridgehead atoms. The number of hydrogen-bond donors (Lipinski definition) is 0. The van der Waals surface area contributed by atoms with Crippen molar-refractivity contribution < 1.29 is 14.3 Å². The number of nitrogens with zero attached hydrogens (tertiary/aromatic N) is 3. The van der Waals surface area contributed by atoms with E-state index in [-0.39, 0.29) is 12.2 Å². The second-order valence-corrected chi connectivity index (χ2v) is 9.39. The third-order valence-corrected chi connectivity index (χ3v) is 5.91. The highest BCUT2D eigenvalue weighted by Crippen LogP contribution is 2.31. The standard InChI is InChI=1S/C29H35N3O3/c1-8-32-26(20(2)21(3)31-32)27(34-19-35-28(33)23-12-10-9-11-13-23)25(18-30-7)22-14-16-24(17-15-22)29(4,5)6/h9-18H,8,19H2,1-7H3/b27-25-,30-18-. The van der Waals surface area contributed by atoms with Crippen LogP contribution >= 0.6 is 0 Å². The van der Waals surface area contributed by atoms with Crippen molar-refractivity contribution in [1.29, 1.82) is 0 Å². The van der Waals surface area contributed by atoms with Gasteiger partial charge in [0.1, 0.15) is 5.69 Å². The summed E-state index contributed by atoms with van der Waals surface area (Å²) in [7, 11) is 1.73. The zero-order chi connectivity index (χ0) is 25.6. The molecule has 0 spiro atoms. The fraction of sp³-hybridized carbons (Fsp3) is 0.345. The van der Waals surface area contributed by atoms with Crippen LogP contribution < -0.4 is 0 Å². The average molecular weight is 474 g/mol. The van der Waals surface area contributed by atoms with E-state index in [1.165, 1.54) is 5.56 Å². The lowest BCUT2D eigenvalue weighted by molar-refractivity contribution is 0.00659. The molecule has 184 valence electrons. The Hall–Kier alpha value is -3.67. The summed E-state index contributed by atoms with van der Waals surface area (Å²) in [5.74, 6) is 0.127. The van der Waals surface area contributed by atoms with E-state index in [9.17, 15) is 4.79 Å². The molecule has 6 heteroatoms. The minimum absolute atomic E-state index is 0.0424. The molecule has 0 aliphatic carbocycles. The van der Waals surface area contributed by atoms with Gasteiger partial charge in [-0.1, -0.05) is 63.2 Å². The highest BCUT2D eigenvalue weighted by molar-refractivity contribution is 6.18. The summed E-state index contributed by atoms with van der Waals surface area (Å²) in [5.41, 5.74) is 6.26. The van der Waals surface area contributed by atoms with Crippen molar-refractivity contribution in [2.45, 2.75) is 53.5 Å². The smallest absolute Gasteiger partial charge is 0.340 e. The van der Waals surface area contributed by atoms with E-state index in [0.29, 0.717) is 17.9 Å². The Morgan fingerprint density at radius 3 is 2.23 bits per heavy atom. The number of allylic oxidation sites excluding steroid dienone is 1. The Morgan fingerprint density at radius 1 is 1.00 bits per heavy atom. The van der Waals surface area contributed by atoms with Gasteiger partial charge in [0.05, 0.1) is 11.3 Å². The highest BCUT2D eigenvalue weighted by Gasteiger charge is 2.22. The second-order valence-electron chi connectivity index (χ2n) is 9.39. The lowest BCUT2D eigenvalue weighted by Crippen LogP contribution is -2.13. The van der Waals surface area contributed by atoms with E-state index in [2.05, 4.69) is 55.1 Å². The summed E-state index contributed by atoms with van der Waals surface area (Å²) < 4.78 is 13.6. The number of hydrogen-bond acceptors (Lipinski definition) is 5. The Balaban J connectivity index is 2.06. The van der Waals surface area contributed by atoms with E-state index in [0.717, 1.165) is 28.1 Å². The van der Waals surface area contributed by atoms with Crippen molar-refractivity contribution in [3.8, 4) is 0 Å². The van der Waals surface area contributed by atoms with Crippen LogP contribution in [0.5, 0.6) is 0 Å². The van der Waals surface area contributed by atoms with E-state index in [1.807, 2.05) is 31.5 Å². The molecule has 0 unspecified atom stereocenters. The molecule has 0 N–H and O–H groups in total. The highest BCUT2D eigenvalue weighted by atomic mass is 16.7. The predicted molar refractivity (Wildman–Crippen MR) is 142 cm³/mol. The number of aromatic nitrogens is 2. The van der Waals surface area contributed by atoms with Gasteiger partial charge in [-0.3, -0.25) is 9.67 Å². The Morgan fingerprint density at radius 2 is 1.66 bits per heavy atom. The summed E-state index contributed by atoms with van der Waals surface area (Å²) >= 11 is 0. The first-order chi connectivity index (χ1) is 16.7. The number of rotatable bonds is 8. The Kier molecular flexibility index (Phi) is 8.28. The van der Waals surface area contributed by atoms with Crippen LogP contribution in [-0.2, 0) is 21.4 Å². The largest absolute Gasteiger partial charge is 0.454 e. The molecule has 0 saturated heterocycles. The number of esters is 1. The molecule has 3 aromatic rings. The van der Waals surface area contributed by atoms with Crippen LogP contribution in [-0.4, -0.2) is 35.8 Å². The van der Waals surface area contributed by atoms with E-state index in [1.54, 1.807) is 37.5 Å². The average Bonchev–Trinajstić information content (AvgIpc) is 3.14. The predicted octanol–water partition coefficient (Wildman–Crippen LogP) is 6.22. The third-order valence-electron chi connectivity index (χ3n) is 5.91. The molecule has 0 atom stereocenters. The van der Waals surface area contributed by atoms with E-state index < -0.39 is 5.97 Å². The first kappa shape index (κ1) is 25.9. The van der Waals surface area contributed by atoms with Crippen LogP contribution in [0.15, 0.2) is 59.6 Å². The molecule has 1 heterocycles. The summed E-state index contributed by atoms with van der Waals surface area (Å²) in [4.78, 5) is 16.8.